The zero-order chi connectivity index (χ0) is 22.7. The van der Waals surface area contributed by atoms with Crippen LogP contribution in [-0.4, -0.2) is 64.2 Å². The van der Waals surface area contributed by atoms with Crippen LogP contribution in [0, 0.1) is 0 Å². The highest BCUT2D eigenvalue weighted by Crippen LogP contribution is 2.30. The molecule has 3 heterocycles. The van der Waals surface area contributed by atoms with E-state index in [1.165, 1.54) is 0 Å². The van der Waals surface area contributed by atoms with Crippen LogP contribution in [0.15, 0.2) is 35.3 Å². The first kappa shape index (κ1) is 21.9. The van der Waals surface area contributed by atoms with Crippen molar-refractivity contribution in [2.45, 2.75) is 26.5 Å². The van der Waals surface area contributed by atoms with Crippen LogP contribution < -0.4 is 10.6 Å². The number of aryl methyl sites for hydroxylation is 1. The first-order chi connectivity index (χ1) is 15.5. The van der Waals surface area contributed by atoms with Gasteiger partial charge in [0.25, 0.3) is 0 Å². The molecule has 3 aromatic rings. The summed E-state index contributed by atoms with van der Waals surface area (Å²) < 4.78 is 7.48. The molecule has 9 nitrogen and oxygen atoms in total. The summed E-state index contributed by atoms with van der Waals surface area (Å²) in [6.45, 7) is 7.09. The summed E-state index contributed by atoms with van der Waals surface area (Å²) in [7, 11) is 1.70. The fourth-order valence-electron chi connectivity index (χ4n) is 3.85. The summed E-state index contributed by atoms with van der Waals surface area (Å²) in [6.07, 6.45) is 2.72. The first-order valence-corrected chi connectivity index (χ1v) is 10.8. The number of aliphatic hydroxyl groups excluding tert-OH is 1. The van der Waals surface area contributed by atoms with Gasteiger partial charge in [-0.25, -0.2) is 15.0 Å². The quantitative estimate of drug-likeness (QED) is 0.571. The molecule has 0 aliphatic carbocycles. The Morgan fingerprint density at radius 1 is 1.28 bits per heavy atom. The van der Waals surface area contributed by atoms with E-state index in [1.54, 1.807) is 26.3 Å². The van der Waals surface area contributed by atoms with Crippen LogP contribution in [0.3, 0.4) is 0 Å². The lowest BCUT2D eigenvalue weighted by molar-refractivity contribution is 0.122. The molecular formula is C23H29N7O2. The Morgan fingerprint density at radius 3 is 2.75 bits per heavy atom. The molecule has 168 valence electrons. The zero-order valence-corrected chi connectivity index (χ0v) is 18.7. The number of aliphatic imine (C=N–C) groups is 1. The van der Waals surface area contributed by atoms with Crippen LogP contribution in [0.4, 0.5) is 5.82 Å². The third kappa shape index (κ3) is 4.21. The van der Waals surface area contributed by atoms with E-state index < -0.39 is 6.10 Å². The number of hydrogen-bond donors (Lipinski definition) is 2. The highest BCUT2D eigenvalue weighted by molar-refractivity contribution is 5.87. The number of benzene rings is 1. The molecule has 1 unspecified atom stereocenters. The van der Waals surface area contributed by atoms with Gasteiger partial charge in [0.2, 0.25) is 0 Å². The van der Waals surface area contributed by atoms with E-state index in [0.29, 0.717) is 48.3 Å². The predicted molar refractivity (Wildman–Crippen MR) is 127 cm³/mol. The van der Waals surface area contributed by atoms with E-state index in [0.717, 1.165) is 30.0 Å². The molecule has 32 heavy (non-hydrogen) atoms. The lowest BCUT2D eigenvalue weighted by Crippen LogP contribution is -2.37. The average molecular weight is 436 g/mol. The van der Waals surface area contributed by atoms with Gasteiger partial charge in [-0.1, -0.05) is 18.2 Å². The highest BCUT2D eigenvalue weighted by Gasteiger charge is 2.24. The van der Waals surface area contributed by atoms with E-state index >= 15 is 0 Å². The number of rotatable bonds is 6. The topological polar surface area (TPSA) is 115 Å². The summed E-state index contributed by atoms with van der Waals surface area (Å²) in [6, 6.07) is 7.83. The SMILES string of the molecule is CCn1c(C(C)O)nc2c(N3CCOCC3)nc(-c3cccc(/C(N)=C/C=NC)c3)nc21. The molecule has 4 rings (SSSR count). The number of morpholine rings is 1. The van der Waals surface area contributed by atoms with Crippen molar-refractivity contribution in [3.05, 3.63) is 41.7 Å². The molecule has 3 N–H and O–H groups in total. The molecule has 0 spiro atoms. The summed E-state index contributed by atoms with van der Waals surface area (Å²) in [5, 5.41) is 10.3. The molecule has 0 saturated carbocycles. The third-order valence-electron chi connectivity index (χ3n) is 5.46. The fraction of sp³-hybridized carbons (Fsp3) is 0.391. The van der Waals surface area contributed by atoms with Gasteiger partial charge in [-0.05, 0) is 31.6 Å². The standard InChI is InChI=1S/C23H29N7O2/c1-4-30-21(15(2)31)26-19-22(29-10-12-32-13-11-29)27-20(28-23(19)30)17-7-5-6-16(14-17)18(24)8-9-25-3/h5-9,14-15,31H,4,10-13,24H2,1-3H3/b18-8-,25-9?. The van der Waals surface area contributed by atoms with E-state index in [2.05, 4.69) is 9.89 Å². The number of ether oxygens (including phenoxy) is 1. The molecule has 1 aliphatic heterocycles. The van der Waals surface area contributed by atoms with Crippen molar-refractivity contribution in [1.29, 1.82) is 0 Å². The molecule has 1 saturated heterocycles. The van der Waals surface area contributed by atoms with Gasteiger partial charge >= 0.3 is 0 Å². The fourth-order valence-corrected chi connectivity index (χ4v) is 3.85. The van der Waals surface area contributed by atoms with Crippen molar-refractivity contribution in [2.24, 2.45) is 10.7 Å². The number of aromatic nitrogens is 4. The molecule has 0 bridgehead atoms. The van der Waals surface area contributed by atoms with Crippen molar-refractivity contribution in [3.8, 4) is 11.4 Å². The van der Waals surface area contributed by atoms with Gasteiger partial charge in [-0.15, -0.1) is 0 Å². The maximum absolute atomic E-state index is 10.3. The van der Waals surface area contributed by atoms with Gasteiger partial charge in [-0.2, -0.15) is 0 Å². The van der Waals surface area contributed by atoms with Crippen molar-refractivity contribution in [2.75, 3.05) is 38.3 Å². The molecule has 1 aromatic carbocycles. The van der Waals surface area contributed by atoms with E-state index in [4.69, 9.17) is 25.4 Å². The lowest BCUT2D eigenvalue weighted by atomic mass is 10.1. The van der Waals surface area contributed by atoms with E-state index in [1.807, 2.05) is 35.8 Å². The summed E-state index contributed by atoms with van der Waals surface area (Å²) >= 11 is 0. The van der Waals surface area contributed by atoms with Gasteiger partial charge in [0.15, 0.2) is 22.8 Å². The summed E-state index contributed by atoms with van der Waals surface area (Å²) in [5.41, 5.74) is 9.95. The second-order valence-corrected chi connectivity index (χ2v) is 7.64. The minimum atomic E-state index is -0.710. The lowest BCUT2D eigenvalue weighted by Gasteiger charge is -2.28. The Labute approximate surface area is 187 Å². The molecule has 1 atom stereocenters. The van der Waals surface area contributed by atoms with Crippen LogP contribution in [0.1, 0.15) is 31.3 Å². The number of imidazole rings is 1. The number of nitrogens with two attached hydrogens (primary N) is 1. The summed E-state index contributed by atoms with van der Waals surface area (Å²) in [5.74, 6) is 1.93. The van der Waals surface area contributed by atoms with Crippen molar-refractivity contribution in [3.63, 3.8) is 0 Å². The number of anilines is 1. The second-order valence-electron chi connectivity index (χ2n) is 7.64. The minimum absolute atomic E-state index is 0.586. The smallest absolute Gasteiger partial charge is 0.166 e. The normalized spacial score (nSPS) is 16.2. The van der Waals surface area contributed by atoms with Crippen LogP contribution in [-0.2, 0) is 11.3 Å². The van der Waals surface area contributed by atoms with Gasteiger partial charge in [0.1, 0.15) is 11.9 Å². The van der Waals surface area contributed by atoms with E-state index in [-0.39, 0.29) is 0 Å². The van der Waals surface area contributed by atoms with Gasteiger partial charge in [0.05, 0.1) is 13.2 Å². The van der Waals surface area contributed by atoms with Gasteiger partial charge in [-0.3, -0.25) is 4.99 Å². The highest BCUT2D eigenvalue weighted by atomic mass is 16.5. The Hall–Kier alpha value is -3.30. The van der Waals surface area contributed by atoms with Gasteiger partial charge in [0, 0.05) is 44.2 Å². The predicted octanol–water partition coefficient (Wildman–Crippen LogP) is 2.40. The molecule has 0 radical (unpaired) electrons. The number of allylic oxidation sites excluding steroid dienone is 1. The molecule has 9 heteroatoms. The number of nitrogens with zero attached hydrogens (tertiary/aromatic N) is 6. The Balaban J connectivity index is 1.90. The molecule has 2 aromatic heterocycles. The van der Waals surface area contributed by atoms with Crippen LogP contribution >= 0.6 is 0 Å². The summed E-state index contributed by atoms with van der Waals surface area (Å²) in [4.78, 5) is 20.7. The van der Waals surface area contributed by atoms with Crippen molar-refractivity contribution < 1.29 is 9.84 Å². The van der Waals surface area contributed by atoms with Gasteiger partial charge < -0.3 is 25.0 Å². The average Bonchev–Trinajstić information content (AvgIpc) is 3.21. The van der Waals surface area contributed by atoms with Crippen LogP contribution in [0.25, 0.3) is 28.2 Å². The zero-order valence-electron chi connectivity index (χ0n) is 18.7. The maximum Gasteiger partial charge on any atom is 0.166 e. The van der Waals surface area contributed by atoms with E-state index in [9.17, 15) is 5.11 Å². The Kier molecular flexibility index (Phi) is 6.48. The number of aliphatic hydroxyl groups is 1. The van der Waals surface area contributed by atoms with Crippen molar-refractivity contribution >= 4 is 28.9 Å². The molecule has 0 amide bonds. The van der Waals surface area contributed by atoms with Crippen molar-refractivity contribution in [1.82, 2.24) is 19.5 Å². The molecule has 1 aliphatic rings. The molecule has 1 fully saturated rings. The monoisotopic (exact) mass is 435 g/mol. The minimum Gasteiger partial charge on any atom is -0.398 e. The number of hydrogen-bond acceptors (Lipinski definition) is 8. The molecular weight excluding hydrogens is 406 g/mol. The third-order valence-corrected chi connectivity index (χ3v) is 5.46. The number of fused-ring (bicyclic) bond motifs is 1. The Morgan fingerprint density at radius 2 is 2.06 bits per heavy atom. The van der Waals surface area contributed by atoms with Crippen LogP contribution in [0.2, 0.25) is 0 Å². The Bertz CT molecular complexity index is 1160. The van der Waals surface area contributed by atoms with Crippen LogP contribution in [0.5, 0.6) is 0 Å². The largest absolute Gasteiger partial charge is 0.398 e. The second kappa shape index (κ2) is 9.46. The first-order valence-electron chi connectivity index (χ1n) is 10.8. The maximum atomic E-state index is 10.3.